The molecule has 0 bridgehead atoms. The van der Waals surface area contributed by atoms with Gasteiger partial charge in [-0.3, -0.25) is 19.1 Å². The van der Waals surface area contributed by atoms with Crippen molar-refractivity contribution in [2.75, 3.05) is 18.5 Å². The number of nitrogens with zero attached hydrogens (tertiary/aromatic N) is 2. The van der Waals surface area contributed by atoms with E-state index in [0.29, 0.717) is 24.4 Å². The van der Waals surface area contributed by atoms with Crippen LogP contribution in [0.4, 0.5) is 5.69 Å². The normalized spacial score (nSPS) is 16.4. The van der Waals surface area contributed by atoms with Gasteiger partial charge in [-0.25, -0.2) is 0 Å². The zero-order valence-corrected chi connectivity index (χ0v) is 16.1. The lowest BCUT2D eigenvalue weighted by molar-refractivity contribution is -0.129. The summed E-state index contributed by atoms with van der Waals surface area (Å²) in [5.41, 5.74) is 0.495. The number of rotatable bonds is 8. The van der Waals surface area contributed by atoms with Gasteiger partial charge in [0.1, 0.15) is 18.3 Å². The minimum atomic E-state index is -0.510. The molecule has 154 valence electrons. The van der Waals surface area contributed by atoms with E-state index < -0.39 is 6.04 Å². The third-order valence-corrected chi connectivity index (χ3v) is 4.43. The molecule has 3 amide bonds. The Kier molecular flexibility index (Phi) is 7.21. The molecule has 0 spiro atoms. The number of nitrogens with one attached hydrogen (secondary N) is 3. The highest BCUT2D eigenvalue weighted by Crippen LogP contribution is 2.10. The van der Waals surface area contributed by atoms with Crippen molar-refractivity contribution in [3.8, 4) is 5.75 Å². The van der Waals surface area contributed by atoms with Crippen molar-refractivity contribution in [3.05, 3.63) is 42.7 Å². The summed E-state index contributed by atoms with van der Waals surface area (Å²) in [4.78, 5) is 36.1. The van der Waals surface area contributed by atoms with Crippen LogP contribution in [0.1, 0.15) is 25.7 Å². The predicted molar refractivity (Wildman–Crippen MR) is 106 cm³/mol. The van der Waals surface area contributed by atoms with Gasteiger partial charge in [-0.15, -0.1) is 0 Å². The number of para-hydroxylation sites is 1. The Labute approximate surface area is 168 Å². The van der Waals surface area contributed by atoms with E-state index in [4.69, 9.17) is 4.74 Å². The summed E-state index contributed by atoms with van der Waals surface area (Å²) < 4.78 is 6.91. The van der Waals surface area contributed by atoms with Crippen LogP contribution in [0, 0.1) is 0 Å². The van der Waals surface area contributed by atoms with E-state index in [-0.39, 0.29) is 37.3 Å². The lowest BCUT2D eigenvalue weighted by Crippen LogP contribution is -2.46. The van der Waals surface area contributed by atoms with Crippen molar-refractivity contribution in [1.82, 2.24) is 20.4 Å². The molecule has 2 aromatic rings. The Morgan fingerprint density at radius 1 is 1.21 bits per heavy atom. The van der Waals surface area contributed by atoms with Crippen LogP contribution < -0.4 is 20.7 Å². The van der Waals surface area contributed by atoms with Gasteiger partial charge in [-0.05, 0) is 31.4 Å². The second-order valence-corrected chi connectivity index (χ2v) is 6.79. The maximum Gasteiger partial charge on any atom is 0.242 e. The van der Waals surface area contributed by atoms with Gasteiger partial charge in [0.05, 0.1) is 24.9 Å². The van der Waals surface area contributed by atoms with Gasteiger partial charge in [-0.2, -0.15) is 5.10 Å². The fourth-order valence-electron chi connectivity index (χ4n) is 2.98. The number of amides is 3. The third kappa shape index (κ3) is 6.63. The average Bonchev–Trinajstić information content (AvgIpc) is 3.03. The molecule has 1 aliphatic heterocycles. The Morgan fingerprint density at radius 3 is 2.86 bits per heavy atom. The van der Waals surface area contributed by atoms with Gasteiger partial charge < -0.3 is 20.7 Å². The molecule has 9 heteroatoms. The van der Waals surface area contributed by atoms with Crippen molar-refractivity contribution in [2.45, 2.75) is 38.3 Å². The summed E-state index contributed by atoms with van der Waals surface area (Å²) >= 11 is 0. The monoisotopic (exact) mass is 399 g/mol. The van der Waals surface area contributed by atoms with Crippen LogP contribution in [0.15, 0.2) is 42.7 Å². The van der Waals surface area contributed by atoms with Gasteiger partial charge in [-0.1, -0.05) is 18.2 Å². The first-order valence-electron chi connectivity index (χ1n) is 9.67. The molecule has 29 heavy (non-hydrogen) atoms. The maximum absolute atomic E-state index is 12.2. The molecule has 3 N–H and O–H groups in total. The molecule has 0 radical (unpaired) electrons. The Hall–Kier alpha value is -3.36. The molecule has 3 rings (SSSR count). The molecule has 9 nitrogen and oxygen atoms in total. The highest BCUT2D eigenvalue weighted by atomic mass is 16.5. The van der Waals surface area contributed by atoms with Gasteiger partial charge in [0, 0.05) is 12.7 Å². The maximum atomic E-state index is 12.2. The number of anilines is 1. The lowest BCUT2D eigenvalue weighted by Gasteiger charge is -2.15. The molecule has 1 saturated heterocycles. The summed E-state index contributed by atoms with van der Waals surface area (Å²) in [5.74, 6) is 0.0489. The van der Waals surface area contributed by atoms with Crippen LogP contribution in [0.5, 0.6) is 5.75 Å². The Bertz CT molecular complexity index is 836. The van der Waals surface area contributed by atoms with E-state index in [1.165, 1.54) is 10.9 Å². The predicted octanol–water partition coefficient (Wildman–Crippen LogP) is 1.08. The fourth-order valence-corrected chi connectivity index (χ4v) is 2.98. The number of aromatic nitrogens is 2. The largest absolute Gasteiger partial charge is 0.493 e. The first kappa shape index (κ1) is 20.4. The summed E-state index contributed by atoms with van der Waals surface area (Å²) in [6, 6.07) is 8.76. The van der Waals surface area contributed by atoms with E-state index >= 15 is 0 Å². The molecular weight excluding hydrogens is 374 g/mol. The van der Waals surface area contributed by atoms with Gasteiger partial charge in [0.25, 0.3) is 0 Å². The Balaban J connectivity index is 1.40. The SMILES string of the molecule is O=C(CCOc1ccccc1)Nc1cnn(CC(=O)N[C@H]2CCCCNC2=O)c1. The fraction of sp³-hybridized carbons (Fsp3) is 0.400. The number of hydrogen-bond donors (Lipinski definition) is 3. The first-order valence-corrected chi connectivity index (χ1v) is 9.67. The van der Waals surface area contributed by atoms with Gasteiger partial charge in [0.15, 0.2) is 0 Å². The van der Waals surface area contributed by atoms with Gasteiger partial charge in [0.2, 0.25) is 17.7 Å². The minimum absolute atomic E-state index is 0.0310. The molecular formula is C20H25N5O4. The molecule has 1 aromatic heterocycles. The minimum Gasteiger partial charge on any atom is -0.493 e. The number of benzene rings is 1. The standard InChI is InChI=1S/C20H25N5O4/c26-18(9-11-29-16-6-2-1-3-7-16)23-15-12-22-25(13-15)14-19(27)24-17-8-4-5-10-21-20(17)28/h1-3,6-7,12-13,17H,4-5,8-11,14H2,(H,21,28)(H,23,26)(H,24,27)/t17-/m0/s1. The topological polar surface area (TPSA) is 114 Å². The van der Waals surface area contributed by atoms with E-state index in [1.54, 1.807) is 6.20 Å². The summed E-state index contributed by atoms with van der Waals surface area (Å²) in [6.07, 6.45) is 5.66. The van der Waals surface area contributed by atoms with Crippen LogP contribution in [0.3, 0.4) is 0 Å². The first-order chi connectivity index (χ1) is 14.1. The number of ether oxygens (including phenoxy) is 1. The number of carbonyl (C=O) groups is 3. The van der Waals surface area contributed by atoms with E-state index in [1.807, 2.05) is 30.3 Å². The van der Waals surface area contributed by atoms with E-state index in [9.17, 15) is 14.4 Å². The summed E-state index contributed by atoms with van der Waals surface area (Å²) in [6.45, 7) is 0.871. The highest BCUT2D eigenvalue weighted by molar-refractivity contribution is 5.90. The average molecular weight is 399 g/mol. The summed E-state index contributed by atoms with van der Waals surface area (Å²) in [5, 5.41) is 12.3. The van der Waals surface area contributed by atoms with Gasteiger partial charge >= 0.3 is 0 Å². The Morgan fingerprint density at radius 2 is 2.03 bits per heavy atom. The van der Waals surface area contributed by atoms with Crippen molar-refractivity contribution in [3.63, 3.8) is 0 Å². The quantitative estimate of drug-likeness (QED) is 0.614. The molecule has 1 atom stereocenters. The smallest absolute Gasteiger partial charge is 0.242 e. The highest BCUT2D eigenvalue weighted by Gasteiger charge is 2.22. The van der Waals surface area contributed by atoms with Crippen molar-refractivity contribution in [2.24, 2.45) is 0 Å². The second-order valence-electron chi connectivity index (χ2n) is 6.79. The van der Waals surface area contributed by atoms with Crippen LogP contribution in [-0.2, 0) is 20.9 Å². The second kappa shape index (κ2) is 10.3. The molecule has 0 unspecified atom stereocenters. The van der Waals surface area contributed by atoms with Crippen molar-refractivity contribution >= 4 is 23.4 Å². The van der Waals surface area contributed by atoms with Crippen LogP contribution in [0.2, 0.25) is 0 Å². The van der Waals surface area contributed by atoms with Crippen molar-refractivity contribution < 1.29 is 19.1 Å². The molecule has 1 aromatic carbocycles. The van der Waals surface area contributed by atoms with Crippen LogP contribution in [0.25, 0.3) is 0 Å². The van der Waals surface area contributed by atoms with E-state index in [0.717, 1.165) is 12.8 Å². The molecule has 0 aliphatic carbocycles. The number of hydrogen-bond acceptors (Lipinski definition) is 5. The number of carbonyl (C=O) groups excluding carboxylic acids is 3. The lowest BCUT2D eigenvalue weighted by atomic mass is 10.1. The zero-order chi connectivity index (χ0) is 20.5. The molecule has 2 heterocycles. The van der Waals surface area contributed by atoms with Crippen molar-refractivity contribution in [1.29, 1.82) is 0 Å². The molecule has 0 saturated carbocycles. The van der Waals surface area contributed by atoms with Crippen LogP contribution in [-0.4, -0.2) is 46.7 Å². The third-order valence-electron chi connectivity index (χ3n) is 4.43. The zero-order valence-electron chi connectivity index (χ0n) is 16.1. The molecule has 1 aliphatic rings. The van der Waals surface area contributed by atoms with E-state index in [2.05, 4.69) is 21.0 Å². The van der Waals surface area contributed by atoms with Crippen LogP contribution >= 0.6 is 0 Å². The molecule has 1 fully saturated rings. The summed E-state index contributed by atoms with van der Waals surface area (Å²) in [7, 11) is 0.